The van der Waals surface area contributed by atoms with Gasteiger partial charge in [-0.3, -0.25) is 4.85 Å². The molecule has 2 aliphatic rings. The summed E-state index contributed by atoms with van der Waals surface area (Å²) in [6.07, 6.45) is 4.70. The molecule has 0 aliphatic heterocycles. The summed E-state index contributed by atoms with van der Waals surface area (Å²) in [6, 6.07) is 6.10. The first-order valence-electron chi connectivity index (χ1n) is 9.07. The van der Waals surface area contributed by atoms with E-state index in [1.165, 1.54) is 11.1 Å². The second kappa shape index (κ2) is 7.55. The summed E-state index contributed by atoms with van der Waals surface area (Å²) in [5.41, 5.74) is 2.53. The van der Waals surface area contributed by atoms with E-state index in [9.17, 15) is 10.2 Å². The van der Waals surface area contributed by atoms with Crippen LogP contribution in [-0.2, 0) is 12.8 Å². The third-order valence-corrected chi connectivity index (χ3v) is 5.93. The van der Waals surface area contributed by atoms with Crippen LogP contribution in [0.5, 0.6) is 5.75 Å². The number of aliphatic hydroxyl groups excluding tert-OH is 2. The van der Waals surface area contributed by atoms with Crippen LogP contribution in [0.1, 0.15) is 43.7 Å². The molecule has 0 aromatic heterocycles. The standard InChI is InChI=1S/C20H27NO3/c1-3-15(22)7-8-16-17-9-13-5-4-6-20(24-12-21-2)18(13)10-14(17)11-19(16)23/h4-6,14-17,19,22-23H,3,7-12H2,1H3/t14-,15-,16+,17-,19+/m0/s1. The number of nitrogens with zero attached hydrogens (tertiary/aromatic N) is 1. The highest BCUT2D eigenvalue weighted by Crippen LogP contribution is 2.48. The molecule has 1 fully saturated rings. The maximum atomic E-state index is 10.5. The van der Waals surface area contributed by atoms with Gasteiger partial charge in [-0.05, 0) is 73.5 Å². The number of ether oxygens (including phenoxy) is 1. The van der Waals surface area contributed by atoms with Crippen LogP contribution in [0.2, 0.25) is 0 Å². The summed E-state index contributed by atoms with van der Waals surface area (Å²) >= 11 is 0. The van der Waals surface area contributed by atoms with Crippen LogP contribution in [-0.4, -0.2) is 29.2 Å². The first-order chi connectivity index (χ1) is 11.6. The molecule has 2 N–H and O–H groups in total. The lowest BCUT2D eigenvalue weighted by Gasteiger charge is -2.32. The summed E-state index contributed by atoms with van der Waals surface area (Å²) in [5.74, 6) is 2.10. The predicted octanol–water partition coefficient (Wildman–Crippen LogP) is 3.21. The van der Waals surface area contributed by atoms with Gasteiger partial charge in [-0.15, -0.1) is 0 Å². The maximum Gasteiger partial charge on any atom is 0.357 e. The Morgan fingerprint density at radius 2 is 2.21 bits per heavy atom. The number of aliphatic hydroxyl groups is 2. The highest BCUT2D eigenvalue weighted by molar-refractivity contribution is 5.43. The van der Waals surface area contributed by atoms with Gasteiger partial charge in [-0.1, -0.05) is 19.1 Å². The van der Waals surface area contributed by atoms with Crippen LogP contribution in [0.15, 0.2) is 18.2 Å². The summed E-state index contributed by atoms with van der Waals surface area (Å²) in [4.78, 5) is 3.28. The van der Waals surface area contributed by atoms with Gasteiger partial charge in [-0.2, -0.15) is 0 Å². The molecule has 2 aliphatic carbocycles. The lowest BCUT2D eigenvalue weighted by molar-refractivity contribution is 0.0892. The van der Waals surface area contributed by atoms with Gasteiger partial charge in [0.05, 0.1) is 12.2 Å². The monoisotopic (exact) mass is 329 g/mol. The number of fused-ring (bicyclic) bond motifs is 2. The maximum absolute atomic E-state index is 10.5. The molecule has 4 heteroatoms. The van der Waals surface area contributed by atoms with E-state index in [0.29, 0.717) is 11.8 Å². The van der Waals surface area contributed by atoms with Gasteiger partial charge < -0.3 is 14.9 Å². The van der Waals surface area contributed by atoms with E-state index >= 15 is 0 Å². The van der Waals surface area contributed by atoms with Gasteiger partial charge >= 0.3 is 6.73 Å². The second-order valence-corrected chi connectivity index (χ2v) is 7.26. The van der Waals surface area contributed by atoms with Gasteiger partial charge in [-0.25, -0.2) is 6.57 Å². The smallest absolute Gasteiger partial charge is 0.357 e. The molecular formula is C20H27NO3. The first kappa shape index (κ1) is 17.3. The third kappa shape index (κ3) is 3.43. The topological polar surface area (TPSA) is 54.0 Å². The Balaban J connectivity index is 1.75. The van der Waals surface area contributed by atoms with Crippen molar-refractivity contribution in [1.29, 1.82) is 0 Å². The van der Waals surface area contributed by atoms with Crippen molar-refractivity contribution in [3.05, 3.63) is 40.7 Å². The molecule has 4 nitrogen and oxygen atoms in total. The SMILES string of the molecule is [C-]#[N+]COc1cccc2c1C[C@H]1C[C@@H](O)[C@H](CC[C@@H](O)CC)[C@H]1C2. The van der Waals surface area contributed by atoms with E-state index < -0.39 is 0 Å². The molecule has 0 bridgehead atoms. The first-order valence-corrected chi connectivity index (χ1v) is 9.07. The van der Waals surface area contributed by atoms with E-state index in [4.69, 9.17) is 11.3 Å². The summed E-state index contributed by atoms with van der Waals surface area (Å²) in [6.45, 7) is 8.97. The van der Waals surface area contributed by atoms with Crippen molar-refractivity contribution in [1.82, 2.24) is 0 Å². The summed E-state index contributed by atoms with van der Waals surface area (Å²) < 4.78 is 5.60. The lowest BCUT2D eigenvalue weighted by Crippen LogP contribution is -2.28. The predicted molar refractivity (Wildman–Crippen MR) is 92.6 cm³/mol. The minimum absolute atomic E-state index is 0.0602. The van der Waals surface area contributed by atoms with E-state index in [-0.39, 0.29) is 24.9 Å². The number of hydrogen-bond donors (Lipinski definition) is 2. The average Bonchev–Trinajstić information content (AvgIpc) is 2.90. The van der Waals surface area contributed by atoms with E-state index in [1.54, 1.807) is 0 Å². The number of benzene rings is 1. The van der Waals surface area contributed by atoms with E-state index in [0.717, 1.165) is 44.3 Å². The minimum atomic E-state index is -0.258. The van der Waals surface area contributed by atoms with Crippen molar-refractivity contribution >= 4 is 0 Å². The summed E-state index contributed by atoms with van der Waals surface area (Å²) in [7, 11) is 0. The Labute approximate surface area is 144 Å². The molecule has 0 amide bonds. The minimum Gasteiger partial charge on any atom is -0.426 e. The Morgan fingerprint density at radius 1 is 1.38 bits per heavy atom. The van der Waals surface area contributed by atoms with Crippen molar-refractivity contribution in [3.63, 3.8) is 0 Å². The quantitative estimate of drug-likeness (QED) is 0.788. The largest absolute Gasteiger partial charge is 0.426 e. The van der Waals surface area contributed by atoms with Crippen molar-refractivity contribution < 1.29 is 14.9 Å². The molecule has 0 saturated heterocycles. The molecule has 0 unspecified atom stereocenters. The van der Waals surface area contributed by atoms with Crippen molar-refractivity contribution in [2.75, 3.05) is 6.73 Å². The van der Waals surface area contributed by atoms with Crippen LogP contribution >= 0.6 is 0 Å². The second-order valence-electron chi connectivity index (χ2n) is 7.26. The molecule has 5 atom stereocenters. The summed E-state index contributed by atoms with van der Waals surface area (Å²) in [5, 5.41) is 20.4. The molecule has 1 aromatic carbocycles. The van der Waals surface area contributed by atoms with Gasteiger partial charge in [0.2, 0.25) is 0 Å². The molecule has 24 heavy (non-hydrogen) atoms. The molecule has 1 saturated carbocycles. The number of rotatable bonds is 6. The van der Waals surface area contributed by atoms with Crippen LogP contribution < -0.4 is 4.74 Å². The zero-order chi connectivity index (χ0) is 17.1. The Hall–Kier alpha value is -1.57. The highest BCUT2D eigenvalue weighted by Gasteiger charge is 2.44. The molecule has 130 valence electrons. The molecule has 0 spiro atoms. The van der Waals surface area contributed by atoms with Crippen LogP contribution in [0.4, 0.5) is 0 Å². The normalized spacial score (nSPS) is 29.4. The van der Waals surface area contributed by atoms with E-state index in [2.05, 4.69) is 10.9 Å². The highest BCUT2D eigenvalue weighted by atomic mass is 16.5. The van der Waals surface area contributed by atoms with Gasteiger partial charge in [0, 0.05) is 0 Å². The Morgan fingerprint density at radius 3 is 2.96 bits per heavy atom. The van der Waals surface area contributed by atoms with Gasteiger partial charge in [0.15, 0.2) is 0 Å². The Kier molecular flexibility index (Phi) is 5.43. The molecule has 3 rings (SSSR count). The number of hydrogen-bond acceptors (Lipinski definition) is 3. The van der Waals surface area contributed by atoms with Crippen molar-refractivity contribution in [3.8, 4) is 5.75 Å². The van der Waals surface area contributed by atoms with Crippen LogP contribution in [0.25, 0.3) is 4.85 Å². The van der Waals surface area contributed by atoms with Crippen molar-refractivity contribution in [2.24, 2.45) is 17.8 Å². The van der Waals surface area contributed by atoms with E-state index in [1.807, 2.05) is 19.1 Å². The zero-order valence-corrected chi connectivity index (χ0v) is 14.3. The average molecular weight is 329 g/mol. The molecule has 0 heterocycles. The molecular weight excluding hydrogens is 302 g/mol. The fraction of sp³-hybridized carbons (Fsp3) is 0.650. The zero-order valence-electron chi connectivity index (χ0n) is 14.3. The Bertz CT molecular complexity index is 609. The van der Waals surface area contributed by atoms with Gasteiger partial charge in [0.1, 0.15) is 5.75 Å². The van der Waals surface area contributed by atoms with Crippen LogP contribution in [0.3, 0.4) is 0 Å². The lowest BCUT2D eigenvalue weighted by atomic mass is 9.73. The van der Waals surface area contributed by atoms with Gasteiger partial charge in [0.25, 0.3) is 0 Å². The fourth-order valence-electron chi connectivity index (χ4n) is 4.63. The van der Waals surface area contributed by atoms with Crippen molar-refractivity contribution in [2.45, 2.75) is 57.7 Å². The fourth-order valence-corrected chi connectivity index (χ4v) is 4.63. The van der Waals surface area contributed by atoms with Crippen LogP contribution in [0, 0.1) is 24.3 Å². The molecule has 0 radical (unpaired) electrons. The third-order valence-electron chi connectivity index (χ3n) is 5.93. The molecule has 1 aromatic rings.